The van der Waals surface area contributed by atoms with Crippen LogP contribution in [0.15, 0.2) is 53.0 Å². The zero-order chi connectivity index (χ0) is 26.2. The molecule has 10 heteroatoms. The number of sulfonamides is 1. The number of amides is 2. The van der Waals surface area contributed by atoms with Gasteiger partial charge in [-0.3, -0.25) is 13.9 Å². The number of carbonyl (C=O) groups is 2. The summed E-state index contributed by atoms with van der Waals surface area (Å²) in [5, 5.41) is 2.90. The molecule has 0 saturated carbocycles. The van der Waals surface area contributed by atoms with Crippen molar-refractivity contribution in [1.29, 1.82) is 0 Å². The van der Waals surface area contributed by atoms with Gasteiger partial charge in [0, 0.05) is 17.6 Å². The fraction of sp³-hybridized carbons (Fsp3) is 0.440. The van der Waals surface area contributed by atoms with E-state index in [-0.39, 0.29) is 18.4 Å². The van der Waals surface area contributed by atoms with E-state index in [4.69, 9.17) is 4.74 Å². The molecule has 2 aromatic carbocycles. The first-order valence-electron chi connectivity index (χ1n) is 11.4. The molecule has 2 rings (SSSR count). The maximum atomic E-state index is 13.7. The topological polar surface area (TPSA) is 96.0 Å². The Balaban J connectivity index is 2.44. The summed E-state index contributed by atoms with van der Waals surface area (Å²) >= 11 is 3.35. The summed E-state index contributed by atoms with van der Waals surface area (Å²) in [6.07, 6.45) is 1.43. The van der Waals surface area contributed by atoms with Crippen molar-refractivity contribution in [2.24, 2.45) is 5.92 Å². The van der Waals surface area contributed by atoms with Crippen LogP contribution in [-0.2, 0) is 26.2 Å². The van der Waals surface area contributed by atoms with Crippen LogP contribution in [0, 0.1) is 5.92 Å². The van der Waals surface area contributed by atoms with Gasteiger partial charge < -0.3 is 15.0 Å². The number of carbonyl (C=O) groups excluding carboxylic acids is 2. The Hall–Kier alpha value is -2.59. The first-order valence-corrected chi connectivity index (χ1v) is 14.0. The highest BCUT2D eigenvalue weighted by atomic mass is 79.9. The SMILES string of the molecule is CCC(C(=O)NCC(C)C)N(Cc1cccc(OC)c1)C(=O)CN(c1cccc(Br)c1)S(C)(=O)=O. The van der Waals surface area contributed by atoms with E-state index in [1.54, 1.807) is 49.6 Å². The summed E-state index contributed by atoms with van der Waals surface area (Å²) in [5.41, 5.74) is 1.12. The van der Waals surface area contributed by atoms with Crippen LogP contribution in [0.5, 0.6) is 5.75 Å². The predicted octanol–water partition coefficient (Wildman–Crippen LogP) is 3.80. The van der Waals surface area contributed by atoms with E-state index in [1.165, 1.54) is 4.90 Å². The lowest BCUT2D eigenvalue weighted by atomic mass is 10.1. The van der Waals surface area contributed by atoms with Crippen LogP contribution in [0.1, 0.15) is 32.8 Å². The highest BCUT2D eigenvalue weighted by molar-refractivity contribution is 9.10. The molecule has 35 heavy (non-hydrogen) atoms. The quantitative estimate of drug-likeness (QED) is 0.420. The maximum absolute atomic E-state index is 13.7. The largest absolute Gasteiger partial charge is 0.497 e. The van der Waals surface area contributed by atoms with Crippen molar-refractivity contribution >= 4 is 43.5 Å². The van der Waals surface area contributed by atoms with Gasteiger partial charge in [0.15, 0.2) is 0 Å². The minimum Gasteiger partial charge on any atom is -0.497 e. The number of nitrogens with one attached hydrogen (secondary N) is 1. The summed E-state index contributed by atoms with van der Waals surface area (Å²) in [6, 6.07) is 13.2. The lowest BCUT2D eigenvalue weighted by Crippen LogP contribution is -2.52. The monoisotopic (exact) mass is 567 g/mol. The second-order valence-electron chi connectivity index (χ2n) is 8.69. The second-order valence-corrected chi connectivity index (χ2v) is 11.5. The summed E-state index contributed by atoms with van der Waals surface area (Å²) in [7, 11) is -2.22. The van der Waals surface area contributed by atoms with Crippen LogP contribution >= 0.6 is 15.9 Å². The van der Waals surface area contributed by atoms with E-state index in [1.807, 2.05) is 26.8 Å². The molecule has 0 bridgehead atoms. The number of benzene rings is 2. The van der Waals surface area contributed by atoms with Crippen LogP contribution in [0.2, 0.25) is 0 Å². The summed E-state index contributed by atoms with van der Waals surface area (Å²) < 4.78 is 32.3. The Morgan fingerprint density at radius 1 is 1.11 bits per heavy atom. The Bertz CT molecular complexity index is 1120. The van der Waals surface area contributed by atoms with Gasteiger partial charge in [-0.1, -0.05) is 54.9 Å². The van der Waals surface area contributed by atoms with Gasteiger partial charge in [-0.25, -0.2) is 8.42 Å². The van der Waals surface area contributed by atoms with Gasteiger partial charge in [0.1, 0.15) is 18.3 Å². The molecule has 0 aliphatic rings. The van der Waals surface area contributed by atoms with Gasteiger partial charge in [0.2, 0.25) is 21.8 Å². The highest BCUT2D eigenvalue weighted by Crippen LogP contribution is 2.23. The van der Waals surface area contributed by atoms with E-state index in [9.17, 15) is 18.0 Å². The molecule has 2 aromatic rings. The number of methoxy groups -OCH3 is 1. The fourth-order valence-corrected chi connectivity index (χ4v) is 4.78. The first-order chi connectivity index (χ1) is 16.5. The van der Waals surface area contributed by atoms with Crippen molar-refractivity contribution in [1.82, 2.24) is 10.2 Å². The van der Waals surface area contributed by atoms with Crippen molar-refractivity contribution in [3.05, 3.63) is 58.6 Å². The average Bonchev–Trinajstić information content (AvgIpc) is 2.80. The molecule has 1 unspecified atom stereocenters. The number of hydrogen-bond donors (Lipinski definition) is 1. The minimum absolute atomic E-state index is 0.125. The number of ether oxygens (including phenoxy) is 1. The molecule has 0 aromatic heterocycles. The molecule has 8 nitrogen and oxygen atoms in total. The van der Waals surface area contributed by atoms with E-state index in [0.717, 1.165) is 16.1 Å². The lowest BCUT2D eigenvalue weighted by molar-refractivity contribution is -0.140. The molecule has 0 spiro atoms. The first kappa shape index (κ1) is 28.6. The molecule has 2 amide bonds. The average molecular weight is 569 g/mol. The number of nitrogens with zero attached hydrogens (tertiary/aromatic N) is 2. The number of rotatable bonds is 12. The Labute approximate surface area is 216 Å². The van der Waals surface area contributed by atoms with Crippen LogP contribution in [0.3, 0.4) is 0 Å². The van der Waals surface area contributed by atoms with Crippen LogP contribution < -0.4 is 14.4 Å². The van der Waals surface area contributed by atoms with Gasteiger partial charge in [-0.2, -0.15) is 0 Å². The molecule has 0 aliphatic carbocycles. The van der Waals surface area contributed by atoms with E-state index in [2.05, 4.69) is 21.2 Å². The molecule has 0 heterocycles. The Morgan fingerprint density at radius 2 is 1.80 bits per heavy atom. The number of halogens is 1. The van der Waals surface area contributed by atoms with Crippen LogP contribution in [0.25, 0.3) is 0 Å². The highest BCUT2D eigenvalue weighted by Gasteiger charge is 2.31. The molecule has 0 aliphatic heterocycles. The van der Waals surface area contributed by atoms with Gasteiger partial charge in [0.05, 0.1) is 19.1 Å². The standard InChI is InChI=1S/C25H34BrN3O5S/c1-6-23(25(31)27-15-18(2)3)28(16-19-9-7-12-22(13-19)34-4)24(30)17-29(35(5,32)33)21-11-8-10-20(26)14-21/h7-14,18,23H,6,15-17H2,1-5H3,(H,27,31). The Kier molecular flexibility index (Phi) is 10.6. The summed E-state index contributed by atoms with van der Waals surface area (Å²) in [4.78, 5) is 28.2. The van der Waals surface area contributed by atoms with Crippen LogP contribution in [0.4, 0.5) is 5.69 Å². The number of hydrogen-bond acceptors (Lipinski definition) is 5. The third-order valence-electron chi connectivity index (χ3n) is 5.33. The van der Waals surface area contributed by atoms with E-state index in [0.29, 0.717) is 28.9 Å². The molecular formula is C25H34BrN3O5S. The summed E-state index contributed by atoms with van der Waals surface area (Å²) in [6.45, 7) is 5.97. The predicted molar refractivity (Wildman–Crippen MR) is 142 cm³/mol. The third kappa shape index (κ3) is 8.54. The van der Waals surface area contributed by atoms with Crippen molar-refractivity contribution in [3.63, 3.8) is 0 Å². The van der Waals surface area contributed by atoms with E-state index < -0.39 is 28.5 Å². The van der Waals surface area contributed by atoms with Crippen LogP contribution in [-0.4, -0.2) is 57.6 Å². The Morgan fingerprint density at radius 3 is 2.37 bits per heavy atom. The van der Waals surface area contributed by atoms with Gasteiger partial charge in [-0.05, 0) is 48.2 Å². The minimum atomic E-state index is -3.78. The van der Waals surface area contributed by atoms with Gasteiger partial charge >= 0.3 is 0 Å². The zero-order valence-corrected chi connectivity index (χ0v) is 23.2. The fourth-order valence-electron chi connectivity index (χ4n) is 3.55. The van der Waals surface area contributed by atoms with Gasteiger partial charge in [-0.15, -0.1) is 0 Å². The van der Waals surface area contributed by atoms with Crippen molar-refractivity contribution in [3.8, 4) is 5.75 Å². The van der Waals surface area contributed by atoms with E-state index >= 15 is 0 Å². The van der Waals surface area contributed by atoms with Gasteiger partial charge in [0.25, 0.3) is 0 Å². The number of anilines is 1. The smallest absolute Gasteiger partial charge is 0.244 e. The third-order valence-corrected chi connectivity index (χ3v) is 6.97. The lowest BCUT2D eigenvalue weighted by Gasteiger charge is -2.33. The molecule has 192 valence electrons. The zero-order valence-electron chi connectivity index (χ0n) is 20.8. The second kappa shape index (κ2) is 12.9. The molecule has 0 fully saturated rings. The molecule has 0 saturated heterocycles. The normalized spacial score (nSPS) is 12.2. The molecular weight excluding hydrogens is 534 g/mol. The molecule has 1 atom stereocenters. The van der Waals surface area contributed by atoms with Crippen molar-refractivity contribution < 1.29 is 22.7 Å². The van der Waals surface area contributed by atoms with Crippen molar-refractivity contribution in [2.45, 2.75) is 39.8 Å². The molecule has 0 radical (unpaired) electrons. The molecule has 1 N–H and O–H groups in total. The maximum Gasteiger partial charge on any atom is 0.244 e. The summed E-state index contributed by atoms with van der Waals surface area (Å²) in [5.74, 6) is 0.117. The van der Waals surface area contributed by atoms with Crippen molar-refractivity contribution in [2.75, 3.05) is 30.8 Å².